The molecule has 0 bridgehead atoms. The lowest BCUT2D eigenvalue weighted by Gasteiger charge is -2.26. The van der Waals surface area contributed by atoms with E-state index in [1.165, 1.54) is 0 Å². The largest absolute Gasteiger partial charge is 0.481 e. The molecule has 0 aromatic carbocycles. The number of ether oxygens (including phenoxy) is 1. The first-order chi connectivity index (χ1) is 7.38. The van der Waals surface area contributed by atoms with Crippen LogP contribution in [-0.2, 0) is 6.54 Å². The molecule has 1 aliphatic heterocycles. The van der Waals surface area contributed by atoms with Gasteiger partial charge in [0.1, 0.15) is 6.33 Å². The Labute approximate surface area is 89.5 Å². The second-order valence-electron chi connectivity index (χ2n) is 3.58. The fourth-order valence-electron chi connectivity index (χ4n) is 1.67. The highest BCUT2D eigenvalue weighted by atomic mass is 16.5. The third-order valence-corrected chi connectivity index (χ3v) is 2.50. The van der Waals surface area contributed by atoms with Crippen LogP contribution in [0.1, 0.15) is 5.69 Å². The van der Waals surface area contributed by atoms with Crippen molar-refractivity contribution >= 4 is 0 Å². The zero-order valence-corrected chi connectivity index (χ0v) is 8.94. The van der Waals surface area contributed by atoms with Crippen molar-refractivity contribution in [3.05, 3.63) is 18.1 Å². The van der Waals surface area contributed by atoms with E-state index < -0.39 is 0 Å². The second kappa shape index (κ2) is 5.04. The van der Waals surface area contributed by atoms with E-state index in [4.69, 9.17) is 4.74 Å². The van der Waals surface area contributed by atoms with Gasteiger partial charge in [0.25, 0.3) is 0 Å². The summed E-state index contributed by atoms with van der Waals surface area (Å²) in [4.78, 5) is 10.6. The summed E-state index contributed by atoms with van der Waals surface area (Å²) in [6.07, 6.45) is 1.55. The maximum Gasteiger partial charge on any atom is 0.216 e. The number of nitrogens with zero attached hydrogens (tertiary/aromatic N) is 3. The highest BCUT2D eigenvalue weighted by molar-refractivity contribution is 5.13. The van der Waals surface area contributed by atoms with Crippen LogP contribution >= 0.6 is 0 Å². The number of hydrogen-bond acceptors (Lipinski definition) is 5. The molecule has 0 saturated carbocycles. The summed E-state index contributed by atoms with van der Waals surface area (Å²) in [5.74, 6) is 0.634. The van der Waals surface area contributed by atoms with E-state index >= 15 is 0 Å². The van der Waals surface area contributed by atoms with Gasteiger partial charge in [-0.3, -0.25) is 4.90 Å². The van der Waals surface area contributed by atoms with Crippen molar-refractivity contribution in [2.24, 2.45) is 0 Å². The van der Waals surface area contributed by atoms with Gasteiger partial charge in [-0.1, -0.05) is 0 Å². The third kappa shape index (κ3) is 2.87. The predicted octanol–water partition coefficient (Wildman–Crippen LogP) is -0.110. The Bertz CT molecular complexity index is 312. The molecule has 1 aromatic heterocycles. The van der Waals surface area contributed by atoms with E-state index in [-0.39, 0.29) is 0 Å². The fraction of sp³-hybridized carbons (Fsp3) is 0.600. The van der Waals surface area contributed by atoms with Crippen LogP contribution in [0.3, 0.4) is 0 Å². The van der Waals surface area contributed by atoms with E-state index in [0.29, 0.717) is 5.88 Å². The standard InChI is InChI=1S/C10H16N4O/c1-15-10-6-9(12-8-13-10)7-14-4-2-11-3-5-14/h6,8,11H,2-5,7H2,1H3. The smallest absolute Gasteiger partial charge is 0.216 e. The summed E-state index contributed by atoms with van der Waals surface area (Å²) < 4.78 is 5.06. The molecule has 0 unspecified atom stereocenters. The average Bonchev–Trinajstić information content (AvgIpc) is 2.31. The lowest BCUT2D eigenvalue weighted by molar-refractivity contribution is 0.230. The Morgan fingerprint density at radius 3 is 2.93 bits per heavy atom. The lowest BCUT2D eigenvalue weighted by atomic mass is 10.3. The van der Waals surface area contributed by atoms with Gasteiger partial charge in [-0.05, 0) is 0 Å². The van der Waals surface area contributed by atoms with E-state index in [1.807, 2.05) is 6.07 Å². The Morgan fingerprint density at radius 1 is 1.40 bits per heavy atom. The molecule has 5 nitrogen and oxygen atoms in total. The number of piperazine rings is 1. The maximum atomic E-state index is 5.06. The minimum atomic E-state index is 0.634. The van der Waals surface area contributed by atoms with Gasteiger partial charge in [0.05, 0.1) is 12.8 Å². The quantitative estimate of drug-likeness (QED) is 0.751. The van der Waals surface area contributed by atoms with Crippen LogP contribution in [0.2, 0.25) is 0 Å². The first-order valence-corrected chi connectivity index (χ1v) is 5.16. The molecule has 2 heterocycles. The molecular weight excluding hydrogens is 192 g/mol. The first kappa shape index (κ1) is 10.3. The molecule has 1 aromatic rings. The molecule has 1 fully saturated rings. The number of aromatic nitrogens is 2. The molecule has 1 aliphatic rings. The van der Waals surface area contributed by atoms with Gasteiger partial charge in [-0.2, -0.15) is 0 Å². The number of methoxy groups -OCH3 is 1. The molecule has 15 heavy (non-hydrogen) atoms. The Hall–Kier alpha value is -1.20. The van der Waals surface area contributed by atoms with Crippen molar-refractivity contribution in [2.45, 2.75) is 6.54 Å². The summed E-state index contributed by atoms with van der Waals surface area (Å²) in [6, 6.07) is 1.89. The minimum Gasteiger partial charge on any atom is -0.481 e. The van der Waals surface area contributed by atoms with Crippen LogP contribution in [0.5, 0.6) is 5.88 Å². The van der Waals surface area contributed by atoms with Crippen molar-refractivity contribution in [3.63, 3.8) is 0 Å². The molecule has 0 radical (unpaired) electrons. The topological polar surface area (TPSA) is 50.3 Å². The maximum absolute atomic E-state index is 5.06. The third-order valence-electron chi connectivity index (χ3n) is 2.50. The van der Waals surface area contributed by atoms with Crippen molar-refractivity contribution < 1.29 is 4.74 Å². The van der Waals surface area contributed by atoms with Crippen molar-refractivity contribution in [3.8, 4) is 5.88 Å². The van der Waals surface area contributed by atoms with Crippen LogP contribution in [0.15, 0.2) is 12.4 Å². The Balaban J connectivity index is 1.96. The van der Waals surface area contributed by atoms with Crippen LogP contribution in [0.4, 0.5) is 0 Å². The van der Waals surface area contributed by atoms with E-state index in [2.05, 4.69) is 20.2 Å². The molecule has 1 N–H and O–H groups in total. The van der Waals surface area contributed by atoms with Crippen molar-refractivity contribution in [1.82, 2.24) is 20.2 Å². The first-order valence-electron chi connectivity index (χ1n) is 5.16. The zero-order valence-electron chi connectivity index (χ0n) is 8.94. The van der Waals surface area contributed by atoms with E-state index in [1.54, 1.807) is 13.4 Å². The molecule has 82 valence electrons. The molecule has 0 spiro atoms. The summed E-state index contributed by atoms with van der Waals surface area (Å²) in [7, 11) is 1.62. The SMILES string of the molecule is COc1cc(CN2CCNCC2)ncn1. The van der Waals surface area contributed by atoms with Crippen LogP contribution in [-0.4, -0.2) is 48.2 Å². The Morgan fingerprint density at radius 2 is 2.20 bits per heavy atom. The summed E-state index contributed by atoms with van der Waals surface area (Å²) in [5.41, 5.74) is 1.02. The van der Waals surface area contributed by atoms with Gasteiger partial charge in [-0.25, -0.2) is 9.97 Å². The summed E-state index contributed by atoms with van der Waals surface area (Å²) >= 11 is 0. The summed E-state index contributed by atoms with van der Waals surface area (Å²) in [6.45, 7) is 5.14. The normalized spacial score (nSPS) is 17.7. The molecular formula is C10H16N4O. The monoisotopic (exact) mass is 208 g/mol. The van der Waals surface area contributed by atoms with Gasteiger partial charge in [0.2, 0.25) is 5.88 Å². The van der Waals surface area contributed by atoms with Gasteiger partial charge in [0, 0.05) is 38.8 Å². The van der Waals surface area contributed by atoms with Crippen LogP contribution in [0.25, 0.3) is 0 Å². The van der Waals surface area contributed by atoms with Crippen LogP contribution < -0.4 is 10.1 Å². The minimum absolute atomic E-state index is 0.634. The second-order valence-corrected chi connectivity index (χ2v) is 3.58. The number of nitrogens with one attached hydrogen (secondary N) is 1. The highest BCUT2D eigenvalue weighted by Gasteiger charge is 2.10. The molecule has 1 saturated heterocycles. The molecule has 5 heteroatoms. The average molecular weight is 208 g/mol. The van der Waals surface area contributed by atoms with Gasteiger partial charge in [0.15, 0.2) is 0 Å². The van der Waals surface area contributed by atoms with Crippen LogP contribution in [0, 0.1) is 0 Å². The fourth-order valence-corrected chi connectivity index (χ4v) is 1.67. The highest BCUT2D eigenvalue weighted by Crippen LogP contribution is 2.08. The molecule has 2 rings (SSSR count). The van der Waals surface area contributed by atoms with Crippen molar-refractivity contribution in [2.75, 3.05) is 33.3 Å². The lowest BCUT2D eigenvalue weighted by Crippen LogP contribution is -2.43. The van der Waals surface area contributed by atoms with Gasteiger partial charge in [-0.15, -0.1) is 0 Å². The Kier molecular flexibility index (Phi) is 3.47. The van der Waals surface area contributed by atoms with Crippen molar-refractivity contribution in [1.29, 1.82) is 0 Å². The van der Waals surface area contributed by atoms with E-state index in [9.17, 15) is 0 Å². The molecule has 0 amide bonds. The van der Waals surface area contributed by atoms with Gasteiger partial charge >= 0.3 is 0 Å². The molecule has 0 atom stereocenters. The molecule has 0 aliphatic carbocycles. The number of rotatable bonds is 3. The van der Waals surface area contributed by atoms with Gasteiger partial charge < -0.3 is 10.1 Å². The zero-order chi connectivity index (χ0) is 10.5. The number of hydrogen-bond donors (Lipinski definition) is 1. The summed E-state index contributed by atoms with van der Waals surface area (Å²) in [5, 5.41) is 3.32. The van der Waals surface area contributed by atoms with E-state index in [0.717, 1.165) is 38.4 Å². The predicted molar refractivity (Wildman–Crippen MR) is 56.7 cm³/mol.